The molecule has 1 saturated heterocycles. The fourth-order valence-electron chi connectivity index (χ4n) is 4.07. The average Bonchev–Trinajstić information content (AvgIpc) is 2.88. The molecule has 1 aromatic heterocycles. The molecule has 0 spiro atoms. The van der Waals surface area contributed by atoms with E-state index in [2.05, 4.69) is 15.6 Å². The van der Waals surface area contributed by atoms with Crippen molar-refractivity contribution in [3.8, 4) is 5.75 Å². The predicted molar refractivity (Wildman–Crippen MR) is 127 cm³/mol. The number of benzene rings is 2. The lowest BCUT2D eigenvalue weighted by atomic mass is 9.94. The molecule has 1 fully saturated rings. The minimum absolute atomic E-state index is 0.0145. The van der Waals surface area contributed by atoms with Gasteiger partial charge in [0, 0.05) is 25.2 Å². The summed E-state index contributed by atoms with van der Waals surface area (Å²) < 4.78 is 5.30. The molecule has 1 atom stereocenters. The minimum atomic E-state index is -0.313. The summed E-state index contributed by atoms with van der Waals surface area (Å²) in [4.78, 5) is 32.0. The Labute approximate surface area is 193 Å². The monoisotopic (exact) mass is 444 g/mol. The van der Waals surface area contributed by atoms with Gasteiger partial charge in [-0.3, -0.25) is 9.78 Å². The van der Waals surface area contributed by atoms with Crippen molar-refractivity contribution in [1.29, 1.82) is 0 Å². The highest BCUT2D eigenvalue weighted by atomic mass is 16.5. The Balaban J connectivity index is 1.37. The maximum absolute atomic E-state index is 13.1. The molecule has 0 saturated carbocycles. The molecule has 0 aliphatic carbocycles. The molecule has 1 unspecified atom stereocenters. The summed E-state index contributed by atoms with van der Waals surface area (Å²) in [5.41, 5.74) is 2.41. The largest absolute Gasteiger partial charge is 0.495 e. The van der Waals surface area contributed by atoms with Gasteiger partial charge in [0.15, 0.2) is 0 Å². The highest BCUT2D eigenvalue weighted by Gasteiger charge is 2.29. The lowest BCUT2D eigenvalue weighted by Crippen LogP contribution is -2.45. The molecule has 2 aromatic carbocycles. The van der Waals surface area contributed by atoms with Gasteiger partial charge in [-0.1, -0.05) is 48.5 Å². The van der Waals surface area contributed by atoms with E-state index in [1.807, 2.05) is 60.7 Å². The Morgan fingerprint density at radius 2 is 1.67 bits per heavy atom. The first-order valence-electron chi connectivity index (χ1n) is 11.1. The number of aromatic nitrogens is 1. The van der Waals surface area contributed by atoms with Gasteiger partial charge in [0.05, 0.1) is 24.5 Å². The van der Waals surface area contributed by atoms with Gasteiger partial charge in [0.1, 0.15) is 5.75 Å². The minimum Gasteiger partial charge on any atom is -0.495 e. The van der Waals surface area contributed by atoms with E-state index in [1.54, 1.807) is 30.3 Å². The van der Waals surface area contributed by atoms with Crippen LogP contribution in [-0.4, -0.2) is 42.0 Å². The van der Waals surface area contributed by atoms with Gasteiger partial charge in [0.25, 0.3) is 0 Å². The third-order valence-corrected chi connectivity index (χ3v) is 5.90. The zero-order valence-corrected chi connectivity index (χ0v) is 18.6. The third-order valence-electron chi connectivity index (χ3n) is 5.90. The summed E-state index contributed by atoms with van der Waals surface area (Å²) >= 11 is 0. The number of urea groups is 1. The molecule has 1 aliphatic heterocycles. The van der Waals surface area contributed by atoms with Crippen LogP contribution < -0.4 is 15.4 Å². The second kappa shape index (κ2) is 10.6. The number of likely N-dealkylation sites (tertiary alicyclic amines) is 1. The SMILES string of the molecule is COc1ccccc1NC(=O)N1CCC(C(=O)NC(c2ccccc2)c2ccccn2)CC1. The van der Waals surface area contributed by atoms with Gasteiger partial charge in [-0.05, 0) is 42.7 Å². The highest BCUT2D eigenvalue weighted by Crippen LogP contribution is 2.26. The fraction of sp³-hybridized carbons (Fsp3) is 0.269. The van der Waals surface area contributed by atoms with Crippen LogP contribution in [0.5, 0.6) is 5.75 Å². The van der Waals surface area contributed by atoms with E-state index >= 15 is 0 Å². The average molecular weight is 445 g/mol. The summed E-state index contributed by atoms with van der Waals surface area (Å²) in [6.45, 7) is 1.03. The molecule has 1 aliphatic rings. The second-order valence-corrected chi connectivity index (χ2v) is 8.00. The Hall–Kier alpha value is -3.87. The highest BCUT2D eigenvalue weighted by molar-refractivity contribution is 5.91. The van der Waals surface area contributed by atoms with Crippen LogP contribution in [0.3, 0.4) is 0 Å². The smallest absolute Gasteiger partial charge is 0.321 e. The van der Waals surface area contributed by atoms with Crippen molar-refractivity contribution in [2.45, 2.75) is 18.9 Å². The molecule has 33 heavy (non-hydrogen) atoms. The quantitative estimate of drug-likeness (QED) is 0.596. The van der Waals surface area contributed by atoms with Crippen LogP contribution >= 0.6 is 0 Å². The number of nitrogens with one attached hydrogen (secondary N) is 2. The zero-order valence-electron chi connectivity index (χ0n) is 18.6. The first kappa shape index (κ1) is 22.3. The van der Waals surface area contributed by atoms with Gasteiger partial charge in [-0.2, -0.15) is 0 Å². The number of piperidine rings is 1. The van der Waals surface area contributed by atoms with Crippen LogP contribution in [0, 0.1) is 5.92 Å². The number of nitrogens with zero attached hydrogens (tertiary/aromatic N) is 2. The van der Waals surface area contributed by atoms with E-state index in [0.29, 0.717) is 37.4 Å². The van der Waals surface area contributed by atoms with Crippen molar-refractivity contribution >= 4 is 17.6 Å². The van der Waals surface area contributed by atoms with Crippen molar-refractivity contribution in [3.63, 3.8) is 0 Å². The van der Waals surface area contributed by atoms with Crippen LogP contribution in [0.25, 0.3) is 0 Å². The molecule has 2 heterocycles. The molecular weight excluding hydrogens is 416 g/mol. The first-order chi connectivity index (χ1) is 16.2. The number of rotatable bonds is 6. The molecule has 2 N–H and O–H groups in total. The van der Waals surface area contributed by atoms with Gasteiger partial charge in [0.2, 0.25) is 5.91 Å². The van der Waals surface area contributed by atoms with E-state index in [4.69, 9.17) is 4.74 Å². The van der Waals surface area contributed by atoms with Crippen LogP contribution in [0.4, 0.5) is 10.5 Å². The van der Waals surface area contributed by atoms with Crippen LogP contribution in [0.2, 0.25) is 0 Å². The van der Waals surface area contributed by atoms with E-state index in [9.17, 15) is 9.59 Å². The van der Waals surface area contributed by atoms with Crippen molar-refractivity contribution in [2.24, 2.45) is 5.92 Å². The number of methoxy groups -OCH3 is 1. The van der Waals surface area contributed by atoms with E-state index < -0.39 is 0 Å². The number of hydrogen-bond donors (Lipinski definition) is 2. The third kappa shape index (κ3) is 5.49. The van der Waals surface area contributed by atoms with E-state index in [0.717, 1.165) is 11.3 Å². The fourth-order valence-corrected chi connectivity index (χ4v) is 4.07. The molecular formula is C26H28N4O3. The number of carbonyl (C=O) groups excluding carboxylic acids is 2. The lowest BCUT2D eigenvalue weighted by molar-refractivity contribution is -0.126. The topological polar surface area (TPSA) is 83.6 Å². The van der Waals surface area contributed by atoms with Gasteiger partial charge < -0.3 is 20.3 Å². The predicted octanol–water partition coefficient (Wildman–Crippen LogP) is 4.24. The zero-order chi connectivity index (χ0) is 23.0. The van der Waals surface area contributed by atoms with Crippen molar-refractivity contribution in [1.82, 2.24) is 15.2 Å². The molecule has 3 aromatic rings. The molecule has 0 radical (unpaired) electrons. The van der Waals surface area contributed by atoms with Crippen LogP contribution in [0.1, 0.15) is 30.1 Å². The maximum Gasteiger partial charge on any atom is 0.321 e. The molecule has 0 bridgehead atoms. The van der Waals surface area contributed by atoms with Gasteiger partial charge in [-0.25, -0.2) is 4.79 Å². The Morgan fingerprint density at radius 1 is 0.970 bits per heavy atom. The number of para-hydroxylation sites is 2. The van der Waals surface area contributed by atoms with Crippen molar-refractivity contribution in [2.75, 3.05) is 25.5 Å². The molecule has 7 heteroatoms. The van der Waals surface area contributed by atoms with Gasteiger partial charge in [-0.15, -0.1) is 0 Å². The number of ether oxygens (including phenoxy) is 1. The first-order valence-corrected chi connectivity index (χ1v) is 11.1. The standard InChI is InChI=1S/C26H28N4O3/c1-33-23-13-6-5-11-21(23)28-26(32)30-17-14-20(15-18-30)25(31)29-24(19-9-3-2-4-10-19)22-12-7-8-16-27-22/h2-13,16,20,24H,14-15,17-18H2,1H3,(H,28,32)(H,29,31). The number of hydrogen-bond acceptors (Lipinski definition) is 4. The van der Waals surface area contributed by atoms with Crippen molar-refractivity contribution < 1.29 is 14.3 Å². The Kier molecular flexibility index (Phi) is 7.19. The Morgan fingerprint density at radius 3 is 2.36 bits per heavy atom. The summed E-state index contributed by atoms with van der Waals surface area (Å²) in [6, 6.07) is 22.3. The summed E-state index contributed by atoms with van der Waals surface area (Å²) in [5.74, 6) is 0.441. The van der Waals surface area contributed by atoms with Crippen molar-refractivity contribution in [3.05, 3.63) is 90.3 Å². The molecule has 3 amide bonds. The number of pyridine rings is 1. The number of anilines is 1. The lowest BCUT2D eigenvalue weighted by Gasteiger charge is -2.32. The second-order valence-electron chi connectivity index (χ2n) is 8.00. The summed E-state index contributed by atoms with van der Waals surface area (Å²) in [7, 11) is 1.57. The Bertz CT molecular complexity index is 1030. The van der Waals surface area contributed by atoms with E-state index in [1.165, 1.54) is 0 Å². The maximum atomic E-state index is 13.1. The summed E-state index contributed by atoms with van der Waals surface area (Å²) in [6.07, 6.45) is 2.94. The van der Waals surface area contributed by atoms with Gasteiger partial charge >= 0.3 is 6.03 Å². The molecule has 4 rings (SSSR count). The number of amides is 3. The number of carbonyl (C=O) groups is 2. The summed E-state index contributed by atoms with van der Waals surface area (Å²) in [5, 5.41) is 6.08. The molecule has 7 nitrogen and oxygen atoms in total. The van der Waals surface area contributed by atoms with Crippen LogP contribution in [-0.2, 0) is 4.79 Å². The molecule has 170 valence electrons. The van der Waals surface area contributed by atoms with E-state index in [-0.39, 0.29) is 23.9 Å². The normalized spacial score (nSPS) is 14.9. The van der Waals surface area contributed by atoms with Crippen LogP contribution in [0.15, 0.2) is 79.0 Å².